The van der Waals surface area contributed by atoms with E-state index in [9.17, 15) is 14.9 Å². The van der Waals surface area contributed by atoms with Gasteiger partial charge in [-0.3, -0.25) is 14.9 Å². The summed E-state index contributed by atoms with van der Waals surface area (Å²) in [5, 5.41) is 16.6. The smallest absolute Gasteiger partial charge is 0.311 e. The molecule has 2 rings (SSSR count). The molecule has 2 N–H and O–H groups in total. The number of aryl methyl sites for hydroxylation is 1. The Labute approximate surface area is 133 Å². The summed E-state index contributed by atoms with van der Waals surface area (Å²) >= 11 is 0. The Morgan fingerprint density at radius 2 is 2.04 bits per heavy atom. The number of carbonyl (C=O) groups excluding carboxylic acids is 1. The standard InChI is InChI=1S/C16H18N4O3/c1-11-8-14(20(22)23)15(17-9-11)19-12(2)16(21)18-10-13-6-4-3-5-7-13/h3-9,12H,10H2,1-2H3,(H,17,19)(H,18,21)/t12-/m0/s1. The molecule has 0 saturated carbocycles. The van der Waals surface area contributed by atoms with Gasteiger partial charge in [-0.05, 0) is 25.0 Å². The summed E-state index contributed by atoms with van der Waals surface area (Å²) in [6, 6.07) is 10.3. The first-order valence-corrected chi connectivity index (χ1v) is 7.16. The normalized spacial score (nSPS) is 11.6. The van der Waals surface area contributed by atoms with E-state index in [2.05, 4.69) is 15.6 Å². The van der Waals surface area contributed by atoms with Crippen molar-refractivity contribution in [2.24, 2.45) is 0 Å². The number of hydrogen-bond acceptors (Lipinski definition) is 5. The second-order valence-electron chi connectivity index (χ2n) is 5.21. The first-order valence-electron chi connectivity index (χ1n) is 7.16. The molecule has 1 atom stereocenters. The van der Waals surface area contributed by atoms with Gasteiger partial charge in [0.15, 0.2) is 0 Å². The first kappa shape index (κ1) is 16.4. The van der Waals surface area contributed by atoms with Gasteiger partial charge >= 0.3 is 5.69 Å². The lowest BCUT2D eigenvalue weighted by Gasteiger charge is -2.15. The fourth-order valence-electron chi connectivity index (χ4n) is 2.01. The molecule has 2 aromatic rings. The average Bonchev–Trinajstić information content (AvgIpc) is 2.55. The van der Waals surface area contributed by atoms with Crippen molar-refractivity contribution >= 4 is 17.4 Å². The highest BCUT2D eigenvalue weighted by Crippen LogP contribution is 2.23. The van der Waals surface area contributed by atoms with Crippen LogP contribution in [0.1, 0.15) is 18.1 Å². The van der Waals surface area contributed by atoms with Gasteiger partial charge in [0, 0.05) is 18.8 Å². The number of nitro groups is 1. The number of hydrogen-bond donors (Lipinski definition) is 2. The van der Waals surface area contributed by atoms with Gasteiger partial charge < -0.3 is 10.6 Å². The van der Waals surface area contributed by atoms with Crippen LogP contribution >= 0.6 is 0 Å². The van der Waals surface area contributed by atoms with Crippen LogP contribution in [0.4, 0.5) is 11.5 Å². The molecule has 7 heteroatoms. The molecule has 120 valence electrons. The van der Waals surface area contributed by atoms with Crippen molar-refractivity contribution in [3.63, 3.8) is 0 Å². The van der Waals surface area contributed by atoms with E-state index < -0.39 is 11.0 Å². The van der Waals surface area contributed by atoms with Gasteiger partial charge in [0.25, 0.3) is 0 Å². The van der Waals surface area contributed by atoms with E-state index >= 15 is 0 Å². The van der Waals surface area contributed by atoms with Crippen LogP contribution < -0.4 is 10.6 Å². The third-order valence-corrected chi connectivity index (χ3v) is 3.26. The molecular weight excluding hydrogens is 296 g/mol. The van der Waals surface area contributed by atoms with Crippen molar-refractivity contribution in [3.8, 4) is 0 Å². The van der Waals surface area contributed by atoms with Gasteiger partial charge in [-0.2, -0.15) is 0 Å². The maximum Gasteiger partial charge on any atom is 0.311 e. The number of amides is 1. The zero-order chi connectivity index (χ0) is 16.8. The Morgan fingerprint density at radius 1 is 1.35 bits per heavy atom. The molecule has 0 aliphatic heterocycles. The predicted octanol–water partition coefficient (Wildman–Crippen LogP) is 2.42. The molecule has 0 saturated heterocycles. The Morgan fingerprint density at radius 3 is 2.70 bits per heavy atom. The van der Waals surface area contributed by atoms with Crippen LogP contribution in [0.25, 0.3) is 0 Å². The predicted molar refractivity (Wildman–Crippen MR) is 87.0 cm³/mol. The highest BCUT2D eigenvalue weighted by molar-refractivity contribution is 5.84. The van der Waals surface area contributed by atoms with Crippen molar-refractivity contribution in [2.75, 3.05) is 5.32 Å². The molecule has 23 heavy (non-hydrogen) atoms. The molecule has 1 heterocycles. The van der Waals surface area contributed by atoms with E-state index in [0.29, 0.717) is 12.1 Å². The first-order chi connectivity index (χ1) is 11.0. The van der Waals surface area contributed by atoms with Crippen molar-refractivity contribution < 1.29 is 9.72 Å². The molecule has 1 aromatic carbocycles. The van der Waals surface area contributed by atoms with Crippen LogP contribution in [0.15, 0.2) is 42.6 Å². The van der Waals surface area contributed by atoms with Crippen LogP contribution in [0.3, 0.4) is 0 Å². The number of aromatic nitrogens is 1. The number of anilines is 1. The molecule has 0 unspecified atom stereocenters. The van der Waals surface area contributed by atoms with Gasteiger partial charge in [-0.15, -0.1) is 0 Å². The second-order valence-corrected chi connectivity index (χ2v) is 5.21. The molecule has 0 fully saturated rings. The lowest BCUT2D eigenvalue weighted by Crippen LogP contribution is -2.37. The zero-order valence-electron chi connectivity index (χ0n) is 12.9. The molecule has 1 amide bonds. The average molecular weight is 314 g/mol. The minimum Gasteiger partial charge on any atom is -0.353 e. The van der Waals surface area contributed by atoms with Crippen molar-refractivity contribution in [2.45, 2.75) is 26.4 Å². The number of pyridine rings is 1. The Hall–Kier alpha value is -2.96. The van der Waals surface area contributed by atoms with E-state index in [0.717, 1.165) is 5.56 Å². The van der Waals surface area contributed by atoms with Crippen molar-refractivity contribution in [1.82, 2.24) is 10.3 Å². The Kier molecular flexibility index (Phi) is 5.24. The highest BCUT2D eigenvalue weighted by Gasteiger charge is 2.20. The minimum absolute atomic E-state index is 0.0861. The van der Waals surface area contributed by atoms with Gasteiger partial charge in [0.2, 0.25) is 11.7 Å². The fraction of sp³-hybridized carbons (Fsp3) is 0.250. The van der Waals surface area contributed by atoms with Crippen molar-refractivity contribution in [1.29, 1.82) is 0 Å². The van der Waals surface area contributed by atoms with Crippen LogP contribution in [-0.2, 0) is 11.3 Å². The maximum absolute atomic E-state index is 12.1. The van der Waals surface area contributed by atoms with Crippen molar-refractivity contribution in [3.05, 3.63) is 63.8 Å². The molecule has 0 bridgehead atoms. The number of benzene rings is 1. The monoisotopic (exact) mass is 314 g/mol. The fourth-order valence-corrected chi connectivity index (χ4v) is 2.01. The van der Waals surface area contributed by atoms with Crippen LogP contribution in [0, 0.1) is 17.0 Å². The van der Waals surface area contributed by atoms with E-state index in [-0.39, 0.29) is 17.4 Å². The topological polar surface area (TPSA) is 97.2 Å². The van der Waals surface area contributed by atoms with Crippen LogP contribution in [0.2, 0.25) is 0 Å². The Balaban J connectivity index is 2.00. The molecule has 0 radical (unpaired) electrons. The lowest BCUT2D eigenvalue weighted by molar-refractivity contribution is -0.384. The second kappa shape index (κ2) is 7.35. The molecule has 0 aliphatic carbocycles. The number of nitrogens with one attached hydrogen (secondary N) is 2. The van der Waals surface area contributed by atoms with Crippen LogP contribution in [-0.4, -0.2) is 21.9 Å². The maximum atomic E-state index is 12.1. The molecule has 0 spiro atoms. The largest absolute Gasteiger partial charge is 0.353 e. The van der Waals surface area contributed by atoms with E-state index in [1.54, 1.807) is 13.8 Å². The minimum atomic E-state index is -0.646. The Bertz CT molecular complexity index is 704. The van der Waals surface area contributed by atoms with Gasteiger partial charge in [0.05, 0.1) is 4.92 Å². The summed E-state index contributed by atoms with van der Waals surface area (Å²) in [5.74, 6) is -0.173. The summed E-state index contributed by atoms with van der Waals surface area (Å²) < 4.78 is 0. The summed E-state index contributed by atoms with van der Waals surface area (Å²) in [4.78, 5) is 26.6. The number of nitrogens with zero attached hydrogens (tertiary/aromatic N) is 2. The van der Waals surface area contributed by atoms with E-state index in [4.69, 9.17) is 0 Å². The van der Waals surface area contributed by atoms with E-state index in [1.807, 2.05) is 30.3 Å². The molecule has 7 nitrogen and oxygen atoms in total. The van der Waals surface area contributed by atoms with Gasteiger partial charge in [-0.1, -0.05) is 30.3 Å². The van der Waals surface area contributed by atoms with Gasteiger partial charge in [-0.25, -0.2) is 4.98 Å². The van der Waals surface area contributed by atoms with Gasteiger partial charge in [0.1, 0.15) is 6.04 Å². The van der Waals surface area contributed by atoms with Crippen LogP contribution in [0.5, 0.6) is 0 Å². The SMILES string of the molecule is Cc1cnc(N[C@@H](C)C(=O)NCc2ccccc2)c([N+](=O)[O-])c1. The number of carbonyl (C=O) groups is 1. The highest BCUT2D eigenvalue weighted by atomic mass is 16.6. The number of rotatable bonds is 6. The molecular formula is C16H18N4O3. The summed E-state index contributed by atoms with van der Waals surface area (Å²) in [5.41, 5.74) is 1.52. The quantitative estimate of drug-likeness (QED) is 0.630. The third kappa shape index (κ3) is 4.50. The summed E-state index contributed by atoms with van der Waals surface area (Å²) in [6.45, 7) is 3.75. The third-order valence-electron chi connectivity index (χ3n) is 3.26. The van der Waals surface area contributed by atoms with E-state index in [1.165, 1.54) is 12.3 Å². The zero-order valence-corrected chi connectivity index (χ0v) is 12.9. The molecule has 1 aromatic heterocycles. The molecule has 0 aliphatic rings. The summed E-state index contributed by atoms with van der Waals surface area (Å²) in [7, 11) is 0. The summed E-state index contributed by atoms with van der Waals surface area (Å²) in [6.07, 6.45) is 1.52. The lowest BCUT2D eigenvalue weighted by atomic mass is 10.2.